The number of hydrogen-bond acceptors (Lipinski definition) is 5. The van der Waals surface area contributed by atoms with Gasteiger partial charge in [-0.1, -0.05) is 36.8 Å². The summed E-state index contributed by atoms with van der Waals surface area (Å²) in [7, 11) is 4.21. The number of fused-ring (bicyclic) bond motifs is 1. The van der Waals surface area contributed by atoms with Crippen molar-refractivity contribution in [1.29, 1.82) is 0 Å². The highest BCUT2D eigenvalue weighted by atomic mass is 15.4. The van der Waals surface area contributed by atoms with Gasteiger partial charge >= 0.3 is 0 Å². The number of rotatable bonds is 7. The molecule has 0 spiro atoms. The topological polar surface area (TPSA) is 58.4 Å². The first-order valence-corrected chi connectivity index (χ1v) is 9.43. The molecule has 0 bridgehead atoms. The normalized spacial score (nSPS) is 14.7. The van der Waals surface area contributed by atoms with Gasteiger partial charge in [-0.2, -0.15) is 4.52 Å². The van der Waals surface area contributed by atoms with E-state index in [1.807, 2.05) is 34.8 Å². The SMILES string of the molecule is CN(C)CCCNc1nn2c(-c3ccccc3)nnc2cc1C1CCC1. The third-order valence-corrected chi connectivity index (χ3v) is 5.07. The van der Waals surface area contributed by atoms with Crippen LogP contribution in [0.4, 0.5) is 5.82 Å². The largest absolute Gasteiger partial charge is 0.368 e. The predicted molar refractivity (Wildman–Crippen MR) is 104 cm³/mol. The van der Waals surface area contributed by atoms with E-state index in [2.05, 4.69) is 40.6 Å². The van der Waals surface area contributed by atoms with Crippen LogP contribution in [0.1, 0.15) is 37.2 Å². The van der Waals surface area contributed by atoms with Gasteiger partial charge in [0.15, 0.2) is 17.3 Å². The van der Waals surface area contributed by atoms with Gasteiger partial charge in [-0.15, -0.1) is 15.3 Å². The molecule has 6 nitrogen and oxygen atoms in total. The van der Waals surface area contributed by atoms with E-state index in [0.717, 1.165) is 42.4 Å². The van der Waals surface area contributed by atoms with Crippen molar-refractivity contribution in [3.8, 4) is 11.4 Å². The molecule has 1 aromatic carbocycles. The molecule has 2 aromatic heterocycles. The predicted octanol–water partition coefficient (Wildman–Crippen LogP) is 3.42. The highest BCUT2D eigenvalue weighted by Gasteiger charge is 2.25. The van der Waals surface area contributed by atoms with Crippen LogP contribution in [0, 0.1) is 0 Å². The number of hydrogen-bond donors (Lipinski definition) is 1. The van der Waals surface area contributed by atoms with Gasteiger partial charge in [0.1, 0.15) is 0 Å². The van der Waals surface area contributed by atoms with Gasteiger partial charge in [0.25, 0.3) is 0 Å². The van der Waals surface area contributed by atoms with Crippen LogP contribution in [0.25, 0.3) is 17.0 Å². The van der Waals surface area contributed by atoms with Crippen molar-refractivity contribution in [2.45, 2.75) is 31.6 Å². The second-order valence-electron chi connectivity index (χ2n) is 7.32. The highest BCUT2D eigenvalue weighted by molar-refractivity contribution is 5.61. The fourth-order valence-corrected chi connectivity index (χ4v) is 3.38. The number of nitrogens with one attached hydrogen (secondary N) is 1. The molecule has 0 atom stereocenters. The van der Waals surface area contributed by atoms with E-state index in [1.165, 1.54) is 24.8 Å². The molecule has 1 fully saturated rings. The fraction of sp³-hybridized carbons (Fsp3) is 0.450. The number of anilines is 1. The van der Waals surface area contributed by atoms with Crippen molar-refractivity contribution in [3.63, 3.8) is 0 Å². The standard InChI is InChI=1S/C20H26N6/c1-25(2)13-7-12-21-19-17(15-10-6-11-15)14-18-22-23-20(26(18)24-19)16-8-4-3-5-9-16/h3-5,8-9,14-15H,6-7,10-13H2,1-2H3,(H,21,24). The summed E-state index contributed by atoms with van der Waals surface area (Å²) in [6.07, 6.45) is 4.87. The van der Waals surface area contributed by atoms with Crippen LogP contribution in [0.15, 0.2) is 36.4 Å². The van der Waals surface area contributed by atoms with Crippen molar-refractivity contribution >= 4 is 11.5 Å². The Balaban J connectivity index is 1.67. The zero-order valence-electron chi connectivity index (χ0n) is 15.5. The van der Waals surface area contributed by atoms with Crippen LogP contribution in [0.3, 0.4) is 0 Å². The first-order chi connectivity index (χ1) is 12.7. The minimum absolute atomic E-state index is 0.598. The molecule has 1 aliphatic carbocycles. The third-order valence-electron chi connectivity index (χ3n) is 5.07. The molecule has 1 saturated carbocycles. The molecule has 3 aromatic rings. The molecule has 0 radical (unpaired) electrons. The summed E-state index contributed by atoms with van der Waals surface area (Å²) in [6.45, 7) is 1.98. The lowest BCUT2D eigenvalue weighted by atomic mass is 9.80. The molecule has 0 aliphatic heterocycles. The third kappa shape index (κ3) is 3.42. The summed E-state index contributed by atoms with van der Waals surface area (Å²) in [4.78, 5) is 2.21. The van der Waals surface area contributed by atoms with Crippen LogP contribution in [-0.4, -0.2) is 51.9 Å². The Labute approximate surface area is 154 Å². The van der Waals surface area contributed by atoms with Gasteiger partial charge in [-0.05, 0) is 51.9 Å². The Morgan fingerprint density at radius 3 is 2.65 bits per heavy atom. The molecule has 6 heteroatoms. The maximum absolute atomic E-state index is 4.90. The molecule has 136 valence electrons. The molecular weight excluding hydrogens is 324 g/mol. The lowest BCUT2D eigenvalue weighted by Crippen LogP contribution is -2.19. The second-order valence-corrected chi connectivity index (χ2v) is 7.32. The monoisotopic (exact) mass is 350 g/mol. The highest BCUT2D eigenvalue weighted by Crippen LogP contribution is 2.39. The Bertz CT molecular complexity index is 867. The smallest absolute Gasteiger partial charge is 0.185 e. The summed E-state index contributed by atoms with van der Waals surface area (Å²) in [5, 5.41) is 17.2. The second kappa shape index (κ2) is 7.41. The Morgan fingerprint density at radius 2 is 1.96 bits per heavy atom. The first-order valence-electron chi connectivity index (χ1n) is 9.43. The van der Waals surface area contributed by atoms with Crippen molar-refractivity contribution < 1.29 is 0 Å². The lowest BCUT2D eigenvalue weighted by Gasteiger charge is -2.27. The quantitative estimate of drug-likeness (QED) is 0.662. The molecule has 0 amide bonds. The molecule has 4 rings (SSSR count). The summed E-state index contributed by atoms with van der Waals surface area (Å²) in [6, 6.07) is 12.3. The van der Waals surface area contributed by atoms with Crippen molar-refractivity contribution in [2.24, 2.45) is 0 Å². The molecule has 1 N–H and O–H groups in total. The summed E-state index contributed by atoms with van der Waals surface area (Å²) < 4.78 is 1.87. The van der Waals surface area contributed by atoms with Crippen molar-refractivity contribution in [3.05, 3.63) is 42.0 Å². The van der Waals surface area contributed by atoms with Crippen LogP contribution in [-0.2, 0) is 0 Å². The van der Waals surface area contributed by atoms with Gasteiger partial charge in [0.05, 0.1) is 0 Å². The van der Waals surface area contributed by atoms with Crippen molar-refractivity contribution in [2.75, 3.05) is 32.5 Å². The van der Waals surface area contributed by atoms with Crippen LogP contribution in [0.2, 0.25) is 0 Å². The van der Waals surface area contributed by atoms with Gasteiger partial charge in [0, 0.05) is 17.7 Å². The van der Waals surface area contributed by atoms with E-state index in [0.29, 0.717) is 5.92 Å². The Morgan fingerprint density at radius 1 is 1.15 bits per heavy atom. The summed E-state index contributed by atoms with van der Waals surface area (Å²) >= 11 is 0. The number of nitrogens with zero attached hydrogens (tertiary/aromatic N) is 5. The van der Waals surface area contributed by atoms with Crippen LogP contribution < -0.4 is 5.32 Å². The summed E-state index contributed by atoms with van der Waals surface area (Å²) in [5.74, 6) is 2.37. The minimum atomic E-state index is 0.598. The number of aromatic nitrogens is 4. The van der Waals surface area contributed by atoms with Crippen LogP contribution in [0.5, 0.6) is 0 Å². The van der Waals surface area contributed by atoms with Crippen molar-refractivity contribution in [1.82, 2.24) is 24.7 Å². The van der Waals surface area contributed by atoms with E-state index >= 15 is 0 Å². The average Bonchev–Trinajstić information content (AvgIpc) is 3.00. The van der Waals surface area contributed by atoms with E-state index in [4.69, 9.17) is 5.10 Å². The molecule has 0 saturated heterocycles. The maximum Gasteiger partial charge on any atom is 0.185 e. The Kier molecular flexibility index (Phi) is 4.84. The lowest BCUT2D eigenvalue weighted by molar-refractivity contribution is 0.404. The van der Waals surface area contributed by atoms with Gasteiger partial charge < -0.3 is 10.2 Å². The van der Waals surface area contributed by atoms with Gasteiger partial charge in [-0.3, -0.25) is 0 Å². The summed E-state index contributed by atoms with van der Waals surface area (Å²) in [5.41, 5.74) is 3.15. The zero-order chi connectivity index (χ0) is 17.9. The van der Waals surface area contributed by atoms with Gasteiger partial charge in [0.2, 0.25) is 0 Å². The van der Waals surface area contributed by atoms with E-state index < -0.39 is 0 Å². The molecule has 1 aliphatic rings. The molecular formula is C20H26N6. The maximum atomic E-state index is 4.90. The van der Waals surface area contributed by atoms with E-state index in [1.54, 1.807) is 0 Å². The average molecular weight is 350 g/mol. The molecule has 2 heterocycles. The number of benzene rings is 1. The molecule has 0 unspecified atom stereocenters. The molecule has 26 heavy (non-hydrogen) atoms. The van der Waals surface area contributed by atoms with Gasteiger partial charge in [-0.25, -0.2) is 0 Å². The minimum Gasteiger partial charge on any atom is -0.368 e. The van der Waals surface area contributed by atoms with E-state index in [-0.39, 0.29) is 0 Å². The van der Waals surface area contributed by atoms with Crippen LogP contribution >= 0.6 is 0 Å². The first kappa shape index (κ1) is 17.0. The fourth-order valence-electron chi connectivity index (χ4n) is 3.38. The zero-order valence-corrected chi connectivity index (χ0v) is 15.5. The Hall–Kier alpha value is -2.47. The van der Waals surface area contributed by atoms with E-state index in [9.17, 15) is 0 Å².